The topological polar surface area (TPSA) is 76.0 Å². The number of benzene rings is 1. The van der Waals surface area contributed by atoms with E-state index in [9.17, 15) is 9.90 Å². The molecule has 1 aromatic rings. The van der Waals surface area contributed by atoms with Crippen molar-refractivity contribution in [2.24, 2.45) is 0 Å². The molecule has 0 unspecified atom stereocenters. The number of carboxylic acids is 1. The first-order valence-corrected chi connectivity index (χ1v) is 4.55. The second-order valence-electron chi connectivity index (χ2n) is 3.14. The lowest BCUT2D eigenvalue weighted by Crippen LogP contribution is -2.00. The van der Waals surface area contributed by atoms with Crippen LogP contribution in [0.25, 0.3) is 0 Å². The molecule has 0 saturated carbocycles. The first-order chi connectivity index (χ1) is 7.20. The number of aromatic hydroxyl groups is 1. The van der Waals surface area contributed by atoms with E-state index in [4.69, 9.17) is 14.6 Å². The lowest BCUT2D eigenvalue weighted by Gasteiger charge is -2.10. The quantitative estimate of drug-likeness (QED) is 0.729. The molecule has 1 aromatic carbocycles. The Bertz CT molecular complexity index is 399. The summed E-state index contributed by atoms with van der Waals surface area (Å²) in [6.45, 7) is 0.905. The summed E-state index contributed by atoms with van der Waals surface area (Å²) in [6.07, 6.45) is 0.705. The van der Waals surface area contributed by atoms with Crippen LogP contribution in [0.5, 0.6) is 17.2 Å². The molecule has 0 spiro atoms. The molecule has 0 amide bonds. The minimum atomic E-state index is -1.19. The molecule has 0 aliphatic carbocycles. The zero-order valence-electron chi connectivity index (χ0n) is 7.90. The molecule has 0 radical (unpaired) electrons. The zero-order chi connectivity index (χ0) is 10.8. The normalized spacial score (nSPS) is 14.4. The fourth-order valence-electron chi connectivity index (χ4n) is 1.39. The molecule has 1 heterocycles. The van der Waals surface area contributed by atoms with Gasteiger partial charge in [-0.1, -0.05) is 0 Å². The van der Waals surface area contributed by atoms with Gasteiger partial charge in [-0.15, -0.1) is 0 Å². The molecule has 1 aliphatic rings. The van der Waals surface area contributed by atoms with Gasteiger partial charge in [-0.2, -0.15) is 0 Å². The van der Waals surface area contributed by atoms with E-state index in [0.29, 0.717) is 25.4 Å². The van der Waals surface area contributed by atoms with E-state index >= 15 is 0 Å². The first kappa shape index (κ1) is 9.64. The molecule has 0 saturated heterocycles. The van der Waals surface area contributed by atoms with E-state index in [0.717, 1.165) is 0 Å². The molecule has 0 atom stereocenters. The summed E-state index contributed by atoms with van der Waals surface area (Å²) in [5.41, 5.74) is -0.181. The van der Waals surface area contributed by atoms with Crippen LogP contribution in [0.1, 0.15) is 16.8 Å². The molecule has 15 heavy (non-hydrogen) atoms. The van der Waals surface area contributed by atoms with Gasteiger partial charge in [0.15, 0.2) is 11.5 Å². The van der Waals surface area contributed by atoms with Gasteiger partial charge in [0, 0.05) is 6.42 Å². The summed E-state index contributed by atoms with van der Waals surface area (Å²) in [5, 5.41) is 18.4. The van der Waals surface area contributed by atoms with Crippen molar-refractivity contribution >= 4 is 5.97 Å². The number of fused-ring (bicyclic) bond motifs is 1. The highest BCUT2D eigenvalue weighted by atomic mass is 16.5. The fraction of sp³-hybridized carbons (Fsp3) is 0.300. The minimum absolute atomic E-state index is 0.118. The zero-order valence-corrected chi connectivity index (χ0v) is 7.90. The van der Waals surface area contributed by atoms with Crippen molar-refractivity contribution in [1.29, 1.82) is 0 Å². The second kappa shape index (κ2) is 3.68. The minimum Gasteiger partial charge on any atom is -0.504 e. The number of aromatic carboxylic acids is 1. The summed E-state index contributed by atoms with van der Waals surface area (Å²) in [5.74, 6) is -1.06. The van der Waals surface area contributed by atoms with Crippen molar-refractivity contribution in [1.82, 2.24) is 0 Å². The SMILES string of the molecule is O=C(O)c1ccc2c(c1O)OCCCO2. The summed E-state index contributed by atoms with van der Waals surface area (Å²) in [6, 6.07) is 2.79. The summed E-state index contributed by atoms with van der Waals surface area (Å²) >= 11 is 0. The Kier molecular flexibility index (Phi) is 2.37. The van der Waals surface area contributed by atoms with Gasteiger partial charge in [0.25, 0.3) is 0 Å². The molecule has 1 aliphatic heterocycles. The van der Waals surface area contributed by atoms with Crippen LogP contribution in [0.2, 0.25) is 0 Å². The number of carbonyl (C=O) groups is 1. The number of hydrogen-bond acceptors (Lipinski definition) is 4. The van der Waals surface area contributed by atoms with Gasteiger partial charge >= 0.3 is 5.97 Å². The summed E-state index contributed by atoms with van der Waals surface area (Å²) < 4.78 is 10.5. The van der Waals surface area contributed by atoms with E-state index in [2.05, 4.69) is 0 Å². The van der Waals surface area contributed by atoms with Gasteiger partial charge in [0.05, 0.1) is 13.2 Å². The molecule has 80 valence electrons. The molecule has 2 N–H and O–H groups in total. The molecule has 5 nitrogen and oxygen atoms in total. The van der Waals surface area contributed by atoms with Crippen molar-refractivity contribution < 1.29 is 24.5 Å². The second-order valence-corrected chi connectivity index (χ2v) is 3.14. The van der Waals surface area contributed by atoms with Crippen LogP contribution >= 0.6 is 0 Å². The Balaban J connectivity index is 2.50. The number of rotatable bonds is 1. The third kappa shape index (κ3) is 1.68. The molecule has 0 aromatic heterocycles. The van der Waals surface area contributed by atoms with Crippen molar-refractivity contribution in [2.45, 2.75) is 6.42 Å². The smallest absolute Gasteiger partial charge is 0.339 e. The molecule has 2 rings (SSSR count). The third-order valence-electron chi connectivity index (χ3n) is 2.12. The van der Waals surface area contributed by atoms with E-state index in [-0.39, 0.29) is 17.1 Å². The maximum Gasteiger partial charge on any atom is 0.339 e. The van der Waals surface area contributed by atoms with Crippen molar-refractivity contribution in [3.8, 4) is 17.2 Å². The summed E-state index contributed by atoms with van der Waals surface area (Å²) in [7, 11) is 0. The number of ether oxygens (including phenoxy) is 2. The number of hydrogen-bond donors (Lipinski definition) is 2. The van der Waals surface area contributed by atoms with E-state index in [1.165, 1.54) is 12.1 Å². The summed E-state index contributed by atoms with van der Waals surface area (Å²) in [4.78, 5) is 10.7. The van der Waals surface area contributed by atoms with Crippen LogP contribution in [0.4, 0.5) is 0 Å². The van der Waals surface area contributed by atoms with Crippen LogP contribution in [0, 0.1) is 0 Å². The Morgan fingerprint density at radius 1 is 1.27 bits per heavy atom. The molecule has 0 fully saturated rings. The highest BCUT2D eigenvalue weighted by molar-refractivity contribution is 5.92. The monoisotopic (exact) mass is 210 g/mol. The number of carboxylic acid groups (broad SMARTS) is 1. The molecular formula is C10H10O5. The first-order valence-electron chi connectivity index (χ1n) is 4.55. The Morgan fingerprint density at radius 2 is 2.00 bits per heavy atom. The standard InChI is InChI=1S/C10H10O5/c11-8-6(10(12)13)2-3-7-9(8)15-5-1-4-14-7/h2-3,11H,1,4-5H2,(H,12,13). The fourth-order valence-corrected chi connectivity index (χ4v) is 1.39. The number of phenols is 1. The highest BCUT2D eigenvalue weighted by Crippen LogP contribution is 2.40. The third-order valence-corrected chi connectivity index (χ3v) is 2.12. The van der Waals surface area contributed by atoms with Gasteiger partial charge in [0.2, 0.25) is 5.75 Å². The van der Waals surface area contributed by atoms with Crippen LogP contribution < -0.4 is 9.47 Å². The largest absolute Gasteiger partial charge is 0.504 e. The molecular weight excluding hydrogens is 200 g/mol. The van der Waals surface area contributed by atoms with Gasteiger partial charge < -0.3 is 19.7 Å². The molecule has 5 heteroatoms. The molecule has 0 bridgehead atoms. The van der Waals surface area contributed by atoms with Crippen molar-refractivity contribution in [2.75, 3.05) is 13.2 Å². The van der Waals surface area contributed by atoms with Crippen LogP contribution in [-0.2, 0) is 0 Å². The Morgan fingerprint density at radius 3 is 2.73 bits per heavy atom. The van der Waals surface area contributed by atoms with Crippen molar-refractivity contribution in [3.05, 3.63) is 17.7 Å². The average Bonchev–Trinajstić information content (AvgIpc) is 2.43. The predicted molar refractivity (Wildman–Crippen MR) is 50.7 cm³/mol. The lowest BCUT2D eigenvalue weighted by atomic mass is 10.2. The maximum atomic E-state index is 10.7. The van der Waals surface area contributed by atoms with E-state index in [1.54, 1.807) is 0 Å². The van der Waals surface area contributed by atoms with Crippen LogP contribution in [-0.4, -0.2) is 29.4 Å². The Hall–Kier alpha value is -1.91. The Labute approximate surface area is 85.9 Å². The average molecular weight is 210 g/mol. The van der Waals surface area contributed by atoms with Crippen LogP contribution in [0.15, 0.2) is 12.1 Å². The van der Waals surface area contributed by atoms with E-state index in [1.807, 2.05) is 0 Å². The van der Waals surface area contributed by atoms with Gasteiger partial charge in [0.1, 0.15) is 5.56 Å². The highest BCUT2D eigenvalue weighted by Gasteiger charge is 2.20. The lowest BCUT2D eigenvalue weighted by molar-refractivity contribution is 0.0693. The predicted octanol–water partition coefficient (Wildman–Crippen LogP) is 1.25. The van der Waals surface area contributed by atoms with Gasteiger partial charge in [-0.05, 0) is 12.1 Å². The van der Waals surface area contributed by atoms with Gasteiger partial charge in [-0.25, -0.2) is 4.79 Å². The van der Waals surface area contributed by atoms with Crippen LogP contribution in [0.3, 0.4) is 0 Å². The van der Waals surface area contributed by atoms with E-state index < -0.39 is 5.97 Å². The maximum absolute atomic E-state index is 10.7. The van der Waals surface area contributed by atoms with Crippen molar-refractivity contribution in [3.63, 3.8) is 0 Å². The van der Waals surface area contributed by atoms with Gasteiger partial charge in [-0.3, -0.25) is 0 Å².